The van der Waals surface area contributed by atoms with Crippen LogP contribution in [0.5, 0.6) is 0 Å². The molecule has 0 amide bonds. The molecule has 0 heterocycles. The lowest BCUT2D eigenvalue weighted by Gasteiger charge is -2.36. The molecule has 0 aromatic heterocycles. The van der Waals surface area contributed by atoms with Gasteiger partial charge < -0.3 is 10.2 Å². The molecule has 0 aliphatic heterocycles. The Morgan fingerprint density at radius 2 is 0.963 bits per heavy atom. The minimum absolute atomic E-state index is 0.224. The lowest BCUT2D eigenvalue weighted by Crippen LogP contribution is -2.36. The van der Waals surface area contributed by atoms with Crippen LogP contribution in [0, 0.1) is 0 Å². The monoisotopic (exact) mass is 358 g/mol. The SMILES string of the molecule is O=C(O)/C=C(\C(=O)O)C(c1ccccc1)(c1ccccc1)c1ccccc1. The van der Waals surface area contributed by atoms with Crippen molar-refractivity contribution < 1.29 is 19.8 Å². The van der Waals surface area contributed by atoms with Crippen molar-refractivity contribution in [3.63, 3.8) is 0 Å². The average molecular weight is 358 g/mol. The molecular formula is C23H18O4. The maximum atomic E-state index is 12.3. The summed E-state index contributed by atoms with van der Waals surface area (Å²) in [5, 5.41) is 19.4. The van der Waals surface area contributed by atoms with E-state index in [4.69, 9.17) is 0 Å². The highest BCUT2D eigenvalue weighted by atomic mass is 16.4. The predicted molar refractivity (Wildman–Crippen MR) is 103 cm³/mol. The van der Waals surface area contributed by atoms with Crippen LogP contribution in [0.3, 0.4) is 0 Å². The molecule has 4 nitrogen and oxygen atoms in total. The normalized spacial score (nSPS) is 11.8. The molecule has 3 aromatic rings. The first-order valence-corrected chi connectivity index (χ1v) is 8.41. The van der Waals surface area contributed by atoms with E-state index < -0.39 is 17.4 Å². The first kappa shape index (κ1) is 18.1. The molecule has 0 saturated heterocycles. The molecule has 3 rings (SSSR count). The molecule has 0 saturated carbocycles. The summed E-state index contributed by atoms with van der Waals surface area (Å²) in [5.74, 6) is -2.59. The highest BCUT2D eigenvalue weighted by molar-refractivity contribution is 5.99. The first-order chi connectivity index (χ1) is 13.1. The number of carboxylic acids is 2. The second-order valence-electron chi connectivity index (χ2n) is 6.05. The van der Waals surface area contributed by atoms with E-state index in [-0.39, 0.29) is 5.57 Å². The molecule has 2 N–H and O–H groups in total. The largest absolute Gasteiger partial charge is 0.478 e. The summed E-state index contributed by atoms with van der Waals surface area (Å²) >= 11 is 0. The van der Waals surface area contributed by atoms with Crippen LogP contribution in [0.2, 0.25) is 0 Å². The van der Waals surface area contributed by atoms with Gasteiger partial charge in [-0.2, -0.15) is 0 Å². The third kappa shape index (κ3) is 3.37. The van der Waals surface area contributed by atoms with Crippen molar-refractivity contribution in [1.82, 2.24) is 0 Å². The summed E-state index contributed by atoms with van der Waals surface area (Å²) in [4.78, 5) is 23.8. The summed E-state index contributed by atoms with van der Waals surface area (Å²) in [6.07, 6.45) is 0.787. The van der Waals surface area contributed by atoms with Crippen LogP contribution in [-0.4, -0.2) is 22.2 Å². The van der Waals surface area contributed by atoms with Gasteiger partial charge in [-0.1, -0.05) is 91.0 Å². The van der Waals surface area contributed by atoms with E-state index in [0.29, 0.717) is 16.7 Å². The quantitative estimate of drug-likeness (QED) is 0.513. The molecule has 0 aliphatic rings. The van der Waals surface area contributed by atoms with Crippen molar-refractivity contribution in [2.45, 2.75) is 5.41 Å². The zero-order valence-electron chi connectivity index (χ0n) is 14.4. The number of rotatable bonds is 6. The molecule has 4 heteroatoms. The van der Waals surface area contributed by atoms with Crippen LogP contribution >= 0.6 is 0 Å². The van der Waals surface area contributed by atoms with Gasteiger partial charge in [0.05, 0.1) is 11.0 Å². The fourth-order valence-electron chi connectivity index (χ4n) is 3.48. The van der Waals surface area contributed by atoms with Crippen molar-refractivity contribution in [2.75, 3.05) is 0 Å². The minimum Gasteiger partial charge on any atom is -0.478 e. The Hall–Kier alpha value is -3.66. The number of aliphatic carboxylic acids is 2. The van der Waals surface area contributed by atoms with Gasteiger partial charge in [0.25, 0.3) is 0 Å². The first-order valence-electron chi connectivity index (χ1n) is 8.41. The van der Waals surface area contributed by atoms with Crippen molar-refractivity contribution in [1.29, 1.82) is 0 Å². The van der Waals surface area contributed by atoms with Crippen molar-refractivity contribution in [2.24, 2.45) is 0 Å². The van der Waals surface area contributed by atoms with Crippen LogP contribution in [-0.2, 0) is 15.0 Å². The molecule has 27 heavy (non-hydrogen) atoms. The van der Waals surface area contributed by atoms with Crippen molar-refractivity contribution in [3.8, 4) is 0 Å². The zero-order valence-corrected chi connectivity index (χ0v) is 14.4. The fourth-order valence-corrected chi connectivity index (χ4v) is 3.48. The summed E-state index contributed by atoms with van der Waals surface area (Å²) in [6.45, 7) is 0. The maximum Gasteiger partial charge on any atom is 0.333 e. The smallest absolute Gasteiger partial charge is 0.333 e. The van der Waals surface area contributed by atoms with Gasteiger partial charge in [-0.25, -0.2) is 9.59 Å². The molecule has 0 aliphatic carbocycles. The summed E-state index contributed by atoms with van der Waals surface area (Å²) in [6, 6.07) is 27.3. The number of benzene rings is 3. The fraction of sp³-hybridized carbons (Fsp3) is 0.0435. The van der Waals surface area contributed by atoms with E-state index in [9.17, 15) is 19.8 Å². The summed E-state index contributed by atoms with van der Waals surface area (Å²) in [7, 11) is 0. The predicted octanol–water partition coefficient (Wildman–Crippen LogP) is 4.12. The van der Waals surface area contributed by atoms with Crippen molar-refractivity contribution >= 4 is 11.9 Å². The third-order valence-corrected chi connectivity index (χ3v) is 4.52. The van der Waals surface area contributed by atoms with Gasteiger partial charge in [-0.3, -0.25) is 0 Å². The molecule has 134 valence electrons. The van der Waals surface area contributed by atoms with E-state index in [2.05, 4.69) is 0 Å². The van der Waals surface area contributed by atoms with E-state index in [1.807, 2.05) is 91.0 Å². The molecule has 0 atom stereocenters. The number of hydrogen-bond acceptors (Lipinski definition) is 2. The highest BCUT2D eigenvalue weighted by Crippen LogP contribution is 2.45. The molecule has 3 aromatic carbocycles. The van der Waals surface area contributed by atoms with E-state index in [0.717, 1.165) is 6.08 Å². The molecule has 0 bridgehead atoms. The second-order valence-corrected chi connectivity index (χ2v) is 6.05. The Bertz CT molecular complexity index is 864. The maximum absolute atomic E-state index is 12.3. The van der Waals surface area contributed by atoms with Gasteiger partial charge >= 0.3 is 11.9 Å². The lowest BCUT2D eigenvalue weighted by atomic mass is 9.64. The molecule has 0 radical (unpaired) electrons. The van der Waals surface area contributed by atoms with Crippen LogP contribution in [0.25, 0.3) is 0 Å². The zero-order chi connectivity index (χ0) is 19.3. The van der Waals surface area contributed by atoms with Gasteiger partial charge in [0.1, 0.15) is 0 Å². The van der Waals surface area contributed by atoms with Gasteiger partial charge in [-0.05, 0) is 16.7 Å². The van der Waals surface area contributed by atoms with Crippen LogP contribution in [0.15, 0.2) is 103 Å². The van der Waals surface area contributed by atoms with E-state index in [1.54, 1.807) is 0 Å². The minimum atomic E-state index is -1.31. The standard InChI is InChI=1S/C23H18O4/c24-21(25)16-20(22(26)27)23(17-10-4-1-5-11-17,18-12-6-2-7-13-18)19-14-8-3-9-15-19/h1-16H,(H,24,25)(H,26,27)/b20-16+. The molecule has 0 spiro atoms. The van der Waals surface area contributed by atoms with Gasteiger partial charge in [0, 0.05) is 6.08 Å². The summed E-state index contributed by atoms with van der Waals surface area (Å²) < 4.78 is 0. The van der Waals surface area contributed by atoms with Gasteiger partial charge in [0.2, 0.25) is 0 Å². The van der Waals surface area contributed by atoms with Crippen molar-refractivity contribution in [3.05, 3.63) is 119 Å². The van der Waals surface area contributed by atoms with Gasteiger partial charge in [-0.15, -0.1) is 0 Å². The molecule has 0 unspecified atom stereocenters. The Labute approximate surface area is 157 Å². The molecule has 0 fully saturated rings. The average Bonchev–Trinajstić information content (AvgIpc) is 2.70. The van der Waals surface area contributed by atoms with Gasteiger partial charge in [0.15, 0.2) is 0 Å². The Kier molecular flexibility index (Phi) is 5.18. The van der Waals surface area contributed by atoms with E-state index in [1.165, 1.54) is 0 Å². The second kappa shape index (κ2) is 7.70. The van der Waals surface area contributed by atoms with E-state index >= 15 is 0 Å². The lowest BCUT2D eigenvalue weighted by molar-refractivity contribution is -0.135. The van der Waals surface area contributed by atoms with Crippen LogP contribution in [0.1, 0.15) is 16.7 Å². The molecular weight excluding hydrogens is 340 g/mol. The number of carboxylic acid groups (broad SMARTS) is 2. The Balaban J connectivity index is 2.51. The Morgan fingerprint density at radius 3 is 1.22 bits per heavy atom. The number of carbonyl (C=O) groups is 2. The Morgan fingerprint density at radius 1 is 0.630 bits per heavy atom. The third-order valence-electron chi connectivity index (χ3n) is 4.52. The van der Waals surface area contributed by atoms with Crippen LogP contribution in [0.4, 0.5) is 0 Å². The highest BCUT2D eigenvalue weighted by Gasteiger charge is 2.43. The topological polar surface area (TPSA) is 74.6 Å². The number of hydrogen-bond donors (Lipinski definition) is 2. The summed E-state index contributed by atoms with van der Waals surface area (Å²) in [5.41, 5.74) is 0.541. The van der Waals surface area contributed by atoms with Crippen LogP contribution < -0.4 is 0 Å².